The van der Waals surface area contributed by atoms with E-state index < -0.39 is 0 Å². The molecule has 0 unspecified atom stereocenters. The smallest absolute Gasteiger partial charge is 0.224 e. The lowest BCUT2D eigenvalue weighted by Gasteiger charge is -2.10. The first-order valence-electron chi connectivity index (χ1n) is 7.35. The minimum Gasteiger partial charge on any atom is -0.355 e. The summed E-state index contributed by atoms with van der Waals surface area (Å²) in [5, 5.41) is 2.93. The molecule has 0 aliphatic carbocycles. The van der Waals surface area contributed by atoms with E-state index in [-0.39, 0.29) is 5.91 Å². The minimum absolute atomic E-state index is 0.0554. The molecule has 0 aliphatic heterocycles. The normalized spacial score (nSPS) is 11.5. The van der Waals surface area contributed by atoms with Crippen LogP contribution in [0.3, 0.4) is 0 Å². The maximum Gasteiger partial charge on any atom is 0.224 e. The highest BCUT2D eigenvalue weighted by Gasteiger charge is 2.08. The average Bonchev–Trinajstić information content (AvgIpc) is 2.81. The first-order valence-corrected chi connectivity index (χ1v) is 7.35. The third kappa shape index (κ3) is 4.29. The molecule has 5 heteroatoms. The molecule has 114 valence electrons. The summed E-state index contributed by atoms with van der Waals surface area (Å²) in [6, 6.07) is 5.96. The van der Waals surface area contributed by atoms with Gasteiger partial charge in [0, 0.05) is 19.0 Å². The van der Waals surface area contributed by atoms with Gasteiger partial charge < -0.3 is 15.2 Å². The summed E-state index contributed by atoms with van der Waals surface area (Å²) in [4.78, 5) is 21.8. The van der Waals surface area contributed by atoms with E-state index in [2.05, 4.69) is 29.1 Å². The van der Waals surface area contributed by atoms with E-state index in [4.69, 9.17) is 0 Å². The van der Waals surface area contributed by atoms with Crippen LogP contribution in [-0.4, -0.2) is 48.0 Å². The molecular formula is C16H24N4O. The average molecular weight is 288 g/mol. The van der Waals surface area contributed by atoms with Crippen molar-refractivity contribution in [3.05, 3.63) is 29.6 Å². The van der Waals surface area contributed by atoms with Crippen molar-refractivity contribution in [1.82, 2.24) is 20.2 Å². The van der Waals surface area contributed by atoms with Gasteiger partial charge in [-0.25, -0.2) is 4.98 Å². The molecule has 21 heavy (non-hydrogen) atoms. The topological polar surface area (TPSA) is 61.0 Å². The molecule has 0 bridgehead atoms. The Morgan fingerprint density at radius 2 is 2.14 bits per heavy atom. The van der Waals surface area contributed by atoms with E-state index in [1.54, 1.807) is 0 Å². The third-order valence-corrected chi connectivity index (χ3v) is 3.36. The maximum absolute atomic E-state index is 11.9. The van der Waals surface area contributed by atoms with Crippen LogP contribution in [0.2, 0.25) is 0 Å². The summed E-state index contributed by atoms with van der Waals surface area (Å²) in [6.45, 7) is 5.74. The summed E-state index contributed by atoms with van der Waals surface area (Å²) >= 11 is 0. The van der Waals surface area contributed by atoms with Gasteiger partial charge in [0.15, 0.2) is 0 Å². The van der Waals surface area contributed by atoms with Crippen LogP contribution in [0.1, 0.15) is 31.2 Å². The maximum atomic E-state index is 11.9. The zero-order valence-electron chi connectivity index (χ0n) is 13.2. The van der Waals surface area contributed by atoms with Crippen LogP contribution >= 0.6 is 0 Å². The summed E-state index contributed by atoms with van der Waals surface area (Å²) in [5.41, 5.74) is 2.96. The van der Waals surface area contributed by atoms with Crippen LogP contribution in [0.25, 0.3) is 11.0 Å². The standard InChI is InChI=1S/C16H24N4O/c1-11(2)16-18-13-6-5-12(9-14(13)19-16)10-15(21)17-7-8-20(3)4/h5-6,9,11H,7-8,10H2,1-4H3,(H,17,21)(H,18,19). The monoisotopic (exact) mass is 288 g/mol. The van der Waals surface area contributed by atoms with E-state index in [0.29, 0.717) is 18.9 Å². The lowest BCUT2D eigenvalue weighted by atomic mass is 10.1. The Balaban J connectivity index is 2.00. The van der Waals surface area contributed by atoms with Gasteiger partial charge >= 0.3 is 0 Å². The van der Waals surface area contributed by atoms with Crippen molar-refractivity contribution in [3.63, 3.8) is 0 Å². The molecule has 0 saturated carbocycles. The number of hydrogen-bond acceptors (Lipinski definition) is 3. The molecule has 1 heterocycles. The largest absolute Gasteiger partial charge is 0.355 e. The Hall–Kier alpha value is -1.88. The van der Waals surface area contributed by atoms with Crippen LogP contribution in [-0.2, 0) is 11.2 Å². The van der Waals surface area contributed by atoms with Crippen LogP contribution in [0, 0.1) is 0 Å². The number of imidazole rings is 1. The number of amides is 1. The van der Waals surface area contributed by atoms with E-state index in [9.17, 15) is 4.79 Å². The molecule has 5 nitrogen and oxygen atoms in total. The second-order valence-electron chi connectivity index (χ2n) is 5.96. The van der Waals surface area contributed by atoms with Gasteiger partial charge in [-0.3, -0.25) is 4.79 Å². The number of nitrogens with one attached hydrogen (secondary N) is 2. The van der Waals surface area contributed by atoms with Crippen molar-refractivity contribution in [2.24, 2.45) is 0 Å². The summed E-state index contributed by atoms with van der Waals surface area (Å²) in [6.07, 6.45) is 0.402. The molecule has 2 N–H and O–H groups in total. The highest BCUT2D eigenvalue weighted by atomic mass is 16.1. The molecule has 2 aromatic rings. The van der Waals surface area contributed by atoms with Crippen LogP contribution in [0.5, 0.6) is 0 Å². The number of likely N-dealkylation sites (N-methyl/N-ethyl adjacent to an activating group) is 1. The van der Waals surface area contributed by atoms with Gasteiger partial charge in [0.1, 0.15) is 5.82 Å². The number of rotatable bonds is 6. The fraction of sp³-hybridized carbons (Fsp3) is 0.500. The first-order chi connectivity index (χ1) is 9.95. The van der Waals surface area contributed by atoms with E-state index in [1.807, 2.05) is 37.2 Å². The van der Waals surface area contributed by atoms with Gasteiger partial charge in [0.05, 0.1) is 17.5 Å². The Morgan fingerprint density at radius 3 is 2.81 bits per heavy atom. The molecule has 1 aromatic heterocycles. The molecule has 0 fully saturated rings. The van der Waals surface area contributed by atoms with Crippen molar-refractivity contribution in [2.45, 2.75) is 26.2 Å². The predicted octanol–water partition coefficient (Wildman–Crippen LogP) is 1.91. The number of carbonyl (C=O) groups excluding carboxylic acids is 1. The summed E-state index contributed by atoms with van der Waals surface area (Å²) < 4.78 is 0. The SMILES string of the molecule is CC(C)c1nc2ccc(CC(=O)NCCN(C)C)cc2[nH]1. The number of aromatic amines is 1. The Morgan fingerprint density at radius 1 is 1.38 bits per heavy atom. The van der Waals surface area contributed by atoms with Crippen molar-refractivity contribution in [2.75, 3.05) is 27.2 Å². The van der Waals surface area contributed by atoms with E-state index in [0.717, 1.165) is 29.0 Å². The van der Waals surface area contributed by atoms with Gasteiger partial charge in [-0.05, 0) is 31.8 Å². The number of H-pyrrole nitrogens is 1. The van der Waals surface area contributed by atoms with Crippen LogP contribution in [0.15, 0.2) is 18.2 Å². The highest BCUT2D eigenvalue weighted by molar-refractivity contribution is 5.81. The Labute approximate surface area is 125 Å². The highest BCUT2D eigenvalue weighted by Crippen LogP contribution is 2.18. The fourth-order valence-corrected chi connectivity index (χ4v) is 2.13. The van der Waals surface area contributed by atoms with Gasteiger partial charge in [0.2, 0.25) is 5.91 Å². The quantitative estimate of drug-likeness (QED) is 0.853. The van der Waals surface area contributed by atoms with Gasteiger partial charge in [0.25, 0.3) is 0 Å². The fourth-order valence-electron chi connectivity index (χ4n) is 2.13. The number of benzene rings is 1. The van der Waals surface area contributed by atoms with Crippen molar-refractivity contribution in [1.29, 1.82) is 0 Å². The molecule has 2 rings (SSSR count). The lowest BCUT2D eigenvalue weighted by Crippen LogP contribution is -2.32. The molecule has 0 radical (unpaired) electrons. The van der Waals surface area contributed by atoms with Crippen molar-refractivity contribution < 1.29 is 4.79 Å². The second-order valence-corrected chi connectivity index (χ2v) is 5.96. The van der Waals surface area contributed by atoms with E-state index >= 15 is 0 Å². The summed E-state index contributed by atoms with van der Waals surface area (Å²) in [7, 11) is 3.98. The number of hydrogen-bond donors (Lipinski definition) is 2. The molecule has 0 aliphatic rings. The van der Waals surface area contributed by atoms with Crippen LogP contribution in [0.4, 0.5) is 0 Å². The number of nitrogens with zero attached hydrogens (tertiary/aromatic N) is 2. The van der Waals surface area contributed by atoms with Crippen molar-refractivity contribution in [3.8, 4) is 0 Å². The third-order valence-electron chi connectivity index (χ3n) is 3.36. The number of fused-ring (bicyclic) bond motifs is 1. The number of aromatic nitrogens is 2. The zero-order chi connectivity index (χ0) is 15.4. The molecule has 0 saturated heterocycles. The van der Waals surface area contributed by atoms with E-state index in [1.165, 1.54) is 0 Å². The molecule has 1 aromatic carbocycles. The minimum atomic E-state index is 0.0554. The van der Waals surface area contributed by atoms with Crippen molar-refractivity contribution >= 4 is 16.9 Å². The van der Waals surface area contributed by atoms with Gasteiger partial charge in [-0.1, -0.05) is 19.9 Å². The Kier molecular flexibility index (Phi) is 4.96. The first kappa shape index (κ1) is 15.5. The van der Waals surface area contributed by atoms with Gasteiger partial charge in [-0.15, -0.1) is 0 Å². The number of carbonyl (C=O) groups is 1. The lowest BCUT2D eigenvalue weighted by molar-refractivity contribution is -0.120. The zero-order valence-corrected chi connectivity index (χ0v) is 13.2. The summed E-state index contributed by atoms with van der Waals surface area (Å²) in [5.74, 6) is 1.41. The molecule has 1 amide bonds. The second kappa shape index (κ2) is 6.72. The Bertz CT molecular complexity index is 616. The molecular weight excluding hydrogens is 264 g/mol. The molecule has 0 spiro atoms. The molecule has 0 atom stereocenters. The van der Waals surface area contributed by atoms with Crippen LogP contribution < -0.4 is 5.32 Å². The predicted molar refractivity (Wildman–Crippen MR) is 85.5 cm³/mol. The van der Waals surface area contributed by atoms with Gasteiger partial charge in [-0.2, -0.15) is 0 Å².